The highest BCUT2D eigenvalue weighted by Crippen LogP contribution is 2.26. The lowest BCUT2D eigenvalue weighted by molar-refractivity contribution is -0.130. The smallest absolute Gasteiger partial charge is 0.363 e. The van der Waals surface area contributed by atoms with Crippen LogP contribution in [0.3, 0.4) is 0 Å². The maximum Gasteiger partial charge on any atom is 0.363 e. The van der Waals surface area contributed by atoms with Crippen LogP contribution in [0.25, 0.3) is 6.08 Å². The lowest BCUT2D eigenvalue weighted by Gasteiger charge is -2.03. The number of carbonyl (C=O) groups excluding carboxylic acids is 2. The first-order valence-corrected chi connectivity index (χ1v) is 8.17. The van der Waals surface area contributed by atoms with Crippen molar-refractivity contribution in [1.82, 2.24) is 0 Å². The Hall–Kier alpha value is -2.83. The normalized spacial score (nSPS) is 14.9. The number of hydrogen-bond donors (Lipinski definition) is 1. The molecular weight excluding hydrogens is 379 g/mol. The number of nitrogens with zero attached hydrogens (tertiary/aromatic N) is 1. The van der Waals surface area contributed by atoms with Gasteiger partial charge in [0, 0.05) is 5.02 Å². The minimum absolute atomic E-state index is 0.115. The average Bonchev–Trinajstić information content (AvgIpc) is 2.94. The predicted molar refractivity (Wildman–Crippen MR) is 98.2 cm³/mol. The minimum atomic E-state index is -0.583. The molecule has 2 N–H and O–H groups in total. The van der Waals surface area contributed by atoms with Crippen molar-refractivity contribution < 1.29 is 19.1 Å². The van der Waals surface area contributed by atoms with Crippen molar-refractivity contribution >= 4 is 47.1 Å². The van der Waals surface area contributed by atoms with Crippen LogP contribution in [0.5, 0.6) is 5.75 Å². The molecule has 8 heteroatoms. The molecule has 0 atom stereocenters. The molecular formula is C18H12Cl2N2O4. The molecule has 132 valence electrons. The molecule has 3 rings (SSSR count). The van der Waals surface area contributed by atoms with Crippen molar-refractivity contribution in [1.29, 1.82) is 0 Å². The fraction of sp³-hybridized carbons (Fsp3) is 0.0556. The van der Waals surface area contributed by atoms with Crippen LogP contribution in [-0.2, 0) is 14.3 Å². The highest BCUT2D eigenvalue weighted by atomic mass is 35.5. The highest BCUT2D eigenvalue weighted by molar-refractivity contribution is 6.37. The number of amides is 1. The topological polar surface area (TPSA) is 91.0 Å². The summed E-state index contributed by atoms with van der Waals surface area (Å²) >= 11 is 12.0. The van der Waals surface area contributed by atoms with Crippen LogP contribution in [0.1, 0.15) is 11.1 Å². The van der Waals surface area contributed by atoms with Gasteiger partial charge in [-0.15, -0.1) is 0 Å². The van der Waals surface area contributed by atoms with Crippen LogP contribution in [0.2, 0.25) is 10.0 Å². The van der Waals surface area contributed by atoms with Gasteiger partial charge in [0.05, 0.1) is 10.6 Å². The monoisotopic (exact) mass is 390 g/mol. The summed E-state index contributed by atoms with van der Waals surface area (Å²) in [6, 6.07) is 11.5. The van der Waals surface area contributed by atoms with E-state index in [1.807, 2.05) is 0 Å². The molecule has 1 amide bonds. The molecule has 0 fully saturated rings. The standard InChI is InChI=1S/C18H12Cl2N2O4/c19-11-3-6-13(14(20)8-11)17-22-15(18(24)26-17)7-10-1-4-12(5-2-10)25-9-16(21)23/h1-8H,9H2,(H2,21,23). The van der Waals surface area contributed by atoms with Crippen molar-refractivity contribution in [3.8, 4) is 5.75 Å². The predicted octanol–water partition coefficient (Wildman–Crippen LogP) is 3.20. The minimum Gasteiger partial charge on any atom is -0.484 e. The second kappa shape index (κ2) is 7.59. The quantitative estimate of drug-likeness (QED) is 0.626. The first-order chi connectivity index (χ1) is 12.4. The van der Waals surface area contributed by atoms with E-state index < -0.39 is 11.9 Å². The van der Waals surface area contributed by atoms with Gasteiger partial charge < -0.3 is 15.2 Å². The van der Waals surface area contributed by atoms with Crippen LogP contribution >= 0.6 is 23.2 Å². The molecule has 1 heterocycles. The van der Waals surface area contributed by atoms with Crippen molar-refractivity contribution in [2.75, 3.05) is 6.61 Å². The van der Waals surface area contributed by atoms with E-state index in [9.17, 15) is 9.59 Å². The summed E-state index contributed by atoms with van der Waals surface area (Å²) in [4.78, 5) is 26.9. The van der Waals surface area contributed by atoms with Crippen molar-refractivity contribution in [3.05, 3.63) is 69.3 Å². The van der Waals surface area contributed by atoms with E-state index in [-0.39, 0.29) is 18.2 Å². The number of benzene rings is 2. The molecule has 2 aromatic rings. The summed E-state index contributed by atoms with van der Waals surface area (Å²) in [5.74, 6) is -0.547. The van der Waals surface area contributed by atoms with Crippen LogP contribution < -0.4 is 10.5 Å². The zero-order chi connectivity index (χ0) is 18.7. The number of halogens is 2. The molecule has 1 aliphatic heterocycles. The first-order valence-electron chi connectivity index (χ1n) is 7.41. The number of cyclic esters (lactones) is 1. The molecule has 0 radical (unpaired) electrons. The van der Waals surface area contributed by atoms with Gasteiger partial charge in [0.25, 0.3) is 5.91 Å². The van der Waals surface area contributed by atoms with Crippen LogP contribution in [0.4, 0.5) is 0 Å². The summed E-state index contributed by atoms with van der Waals surface area (Å²) < 4.78 is 10.4. The Labute approximate surface area is 158 Å². The third kappa shape index (κ3) is 4.22. The Bertz CT molecular complexity index is 937. The maximum atomic E-state index is 12.0. The van der Waals surface area contributed by atoms with Gasteiger partial charge in [-0.2, -0.15) is 0 Å². The molecule has 0 bridgehead atoms. The molecule has 6 nitrogen and oxygen atoms in total. The summed E-state index contributed by atoms with van der Waals surface area (Å²) in [7, 11) is 0. The molecule has 0 aromatic heterocycles. The number of ether oxygens (including phenoxy) is 2. The van der Waals surface area contributed by atoms with Gasteiger partial charge in [0.15, 0.2) is 12.3 Å². The van der Waals surface area contributed by atoms with Gasteiger partial charge in [0.1, 0.15) is 5.75 Å². The van der Waals surface area contributed by atoms with E-state index in [0.717, 1.165) is 0 Å². The second-order valence-corrected chi connectivity index (χ2v) is 6.13. The third-order valence-corrected chi connectivity index (χ3v) is 3.89. The number of rotatable bonds is 5. The van der Waals surface area contributed by atoms with Crippen molar-refractivity contribution in [2.24, 2.45) is 10.7 Å². The Morgan fingerprint density at radius 1 is 1.19 bits per heavy atom. The Balaban J connectivity index is 1.81. The summed E-state index contributed by atoms with van der Waals surface area (Å²) in [5, 5.41) is 0.805. The van der Waals surface area contributed by atoms with Crippen LogP contribution in [0, 0.1) is 0 Å². The largest absolute Gasteiger partial charge is 0.484 e. The van der Waals surface area contributed by atoms with Crippen molar-refractivity contribution in [3.63, 3.8) is 0 Å². The zero-order valence-electron chi connectivity index (χ0n) is 13.2. The lowest BCUT2D eigenvalue weighted by Crippen LogP contribution is -2.19. The number of esters is 1. The number of nitrogens with two attached hydrogens (primary N) is 1. The fourth-order valence-electron chi connectivity index (χ4n) is 2.16. The fourth-order valence-corrected chi connectivity index (χ4v) is 2.65. The molecule has 0 saturated carbocycles. The Morgan fingerprint density at radius 3 is 2.58 bits per heavy atom. The van der Waals surface area contributed by atoms with Crippen LogP contribution in [0.15, 0.2) is 53.2 Å². The third-order valence-electron chi connectivity index (χ3n) is 3.35. The maximum absolute atomic E-state index is 12.0. The SMILES string of the molecule is NC(=O)COc1ccc(C=C2N=C(c3ccc(Cl)cc3Cl)OC2=O)cc1. The number of aliphatic imine (C=N–C) groups is 1. The zero-order valence-corrected chi connectivity index (χ0v) is 14.8. The molecule has 1 aliphatic rings. The van der Waals surface area contributed by atoms with E-state index in [1.165, 1.54) is 0 Å². The average molecular weight is 391 g/mol. The van der Waals surface area contributed by atoms with Gasteiger partial charge in [-0.1, -0.05) is 35.3 Å². The summed E-state index contributed by atoms with van der Waals surface area (Å²) in [6.07, 6.45) is 1.57. The molecule has 26 heavy (non-hydrogen) atoms. The Kier molecular flexibility index (Phi) is 5.25. The van der Waals surface area contributed by atoms with E-state index in [1.54, 1.807) is 48.5 Å². The summed E-state index contributed by atoms with van der Waals surface area (Å²) in [6.45, 7) is -0.206. The van der Waals surface area contributed by atoms with Gasteiger partial charge in [0.2, 0.25) is 5.90 Å². The first kappa shape index (κ1) is 18.0. The van der Waals surface area contributed by atoms with Crippen molar-refractivity contribution in [2.45, 2.75) is 0 Å². The molecule has 0 unspecified atom stereocenters. The summed E-state index contributed by atoms with van der Waals surface area (Å²) in [5.41, 5.74) is 6.33. The highest BCUT2D eigenvalue weighted by Gasteiger charge is 2.25. The van der Waals surface area contributed by atoms with Gasteiger partial charge in [-0.3, -0.25) is 4.79 Å². The molecule has 2 aromatic carbocycles. The van der Waals surface area contributed by atoms with E-state index in [0.29, 0.717) is 26.9 Å². The van der Waals surface area contributed by atoms with E-state index >= 15 is 0 Å². The second-order valence-electron chi connectivity index (χ2n) is 5.28. The van der Waals surface area contributed by atoms with E-state index in [4.69, 9.17) is 38.4 Å². The Morgan fingerprint density at radius 2 is 1.92 bits per heavy atom. The van der Waals surface area contributed by atoms with Gasteiger partial charge in [-0.05, 0) is 42.0 Å². The van der Waals surface area contributed by atoms with E-state index in [2.05, 4.69) is 4.99 Å². The lowest BCUT2D eigenvalue weighted by atomic mass is 10.2. The number of hydrogen-bond acceptors (Lipinski definition) is 5. The number of carbonyl (C=O) groups is 2. The molecule has 0 saturated heterocycles. The van der Waals surface area contributed by atoms with Gasteiger partial charge in [-0.25, -0.2) is 9.79 Å². The molecule has 0 spiro atoms. The number of primary amides is 1. The molecule has 0 aliphatic carbocycles. The van der Waals surface area contributed by atoms with Crippen LogP contribution in [-0.4, -0.2) is 24.4 Å². The van der Waals surface area contributed by atoms with Gasteiger partial charge >= 0.3 is 5.97 Å².